The average molecular weight is 251 g/mol. The van der Waals surface area contributed by atoms with Gasteiger partial charge in [0.05, 0.1) is 12.0 Å². The highest BCUT2D eigenvalue weighted by Gasteiger charge is 2.22. The Kier molecular flexibility index (Phi) is 7.31. The smallest absolute Gasteiger partial charge is 0.0672 e. The predicted molar refractivity (Wildman–Crippen MR) is 76.4 cm³/mol. The van der Waals surface area contributed by atoms with Gasteiger partial charge in [-0.1, -0.05) is 19.3 Å². The van der Waals surface area contributed by atoms with E-state index in [-0.39, 0.29) is 5.92 Å². The van der Waals surface area contributed by atoms with Crippen LogP contribution in [0.2, 0.25) is 0 Å². The highest BCUT2D eigenvalue weighted by atomic mass is 15.1. The van der Waals surface area contributed by atoms with Crippen LogP contribution < -0.4 is 5.32 Å². The highest BCUT2D eigenvalue weighted by molar-refractivity contribution is 4.93. The summed E-state index contributed by atoms with van der Waals surface area (Å²) in [5.41, 5.74) is 0. The number of rotatable bonds is 6. The summed E-state index contributed by atoms with van der Waals surface area (Å²) in [5, 5.41) is 12.8. The quantitative estimate of drug-likeness (QED) is 0.583. The molecule has 18 heavy (non-hydrogen) atoms. The van der Waals surface area contributed by atoms with Crippen molar-refractivity contribution in [2.45, 2.75) is 64.5 Å². The van der Waals surface area contributed by atoms with Crippen molar-refractivity contribution in [2.24, 2.45) is 5.92 Å². The van der Waals surface area contributed by atoms with E-state index in [1.807, 2.05) is 0 Å². The first kappa shape index (κ1) is 15.5. The minimum atomic E-state index is 0.232. The van der Waals surface area contributed by atoms with Crippen LogP contribution in [-0.2, 0) is 0 Å². The Morgan fingerprint density at radius 3 is 2.67 bits per heavy atom. The Labute approximate surface area is 113 Å². The molecule has 104 valence electrons. The lowest BCUT2D eigenvalue weighted by molar-refractivity contribution is 0.265. The molecular formula is C15H29N3. The van der Waals surface area contributed by atoms with Gasteiger partial charge >= 0.3 is 0 Å². The molecule has 0 heterocycles. The molecule has 1 fully saturated rings. The van der Waals surface area contributed by atoms with E-state index in [1.54, 1.807) is 0 Å². The Morgan fingerprint density at radius 2 is 2.00 bits per heavy atom. The first-order valence-electron chi connectivity index (χ1n) is 7.48. The minimum absolute atomic E-state index is 0.232. The zero-order valence-electron chi connectivity index (χ0n) is 12.3. The van der Waals surface area contributed by atoms with Crippen LogP contribution in [0.5, 0.6) is 0 Å². The van der Waals surface area contributed by atoms with Crippen LogP contribution in [0.4, 0.5) is 0 Å². The molecular weight excluding hydrogens is 222 g/mol. The van der Waals surface area contributed by atoms with Gasteiger partial charge in [-0.05, 0) is 53.2 Å². The largest absolute Gasteiger partial charge is 0.313 e. The Bertz CT molecular complexity index is 257. The summed E-state index contributed by atoms with van der Waals surface area (Å²) in [4.78, 5) is 2.37. The maximum atomic E-state index is 9.21. The SMILES string of the molecule is CC(C)N(C)CCCNC1CCCCCC1C#N. The van der Waals surface area contributed by atoms with Crippen molar-refractivity contribution in [3.63, 3.8) is 0 Å². The lowest BCUT2D eigenvalue weighted by atomic mass is 9.96. The fourth-order valence-corrected chi connectivity index (χ4v) is 2.58. The van der Waals surface area contributed by atoms with Crippen molar-refractivity contribution in [2.75, 3.05) is 20.1 Å². The van der Waals surface area contributed by atoms with Crippen LogP contribution in [0.1, 0.15) is 52.4 Å². The summed E-state index contributed by atoms with van der Waals surface area (Å²) < 4.78 is 0. The Balaban J connectivity index is 2.22. The summed E-state index contributed by atoms with van der Waals surface area (Å²) in [6.07, 6.45) is 7.24. The zero-order chi connectivity index (χ0) is 13.4. The molecule has 2 unspecified atom stereocenters. The second kappa shape index (κ2) is 8.50. The van der Waals surface area contributed by atoms with Gasteiger partial charge < -0.3 is 10.2 Å². The first-order chi connectivity index (χ1) is 8.65. The lowest BCUT2D eigenvalue weighted by Gasteiger charge is -2.23. The lowest BCUT2D eigenvalue weighted by Crippen LogP contribution is -2.37. The third-order valence-electron chi connectivity index (χ3n) is 4.16. The number of hydrogen-bond donors (Lipinski definition) is 1. The van der Waals surface area contributed by atoms with Crippen molar-refractivity contribution in [3.8, 4) is 6.07 Å². The molecule has 0 saturated heterocycles. The van der Waals surface area contributed by atoms with E-state index in [2.05, 4.69) is 37.2 Å². The van der Waals surface area contributed by atoms with E-state index in [0.29, 0.717) is 12.1 Å². The van der Waals surface area contributed by atoms with Crippen molar-refractivity contribution in [1.29, 1.82) is 5.26 Å². The van der Waals surface area contributed by atoms with E-state index in [1.165, 1.54) is 32.1 Å². The molecule has 1 rings (SSSR count). The van der Waals surface area contributed by atoms with E-state index in [0.717, 1.165) is 19.5 Å². The fraction of sp³-hybridized carbons (Fsp3) is 0.933. The van der Waals surface area contributed by atoms with Crippen LogP contribution in [-0.4, -0.2) is 37.1 Å². The molecule has 0 spiro atoms. The highest BCUT2D eigenvalue weighted by Crippen LogP contribution is 2.22. The molecule has 0 aliphatic heterocycles. The second-order valence-electron chi connectivity index (χ2n) is 5.86. The van der Waals surface area contributed by atoms with E-state index in [9.17, 15) is 5.26 Å². The van der Waals surface area contributed by atoms with Gasteiger partial charge in [-0.3, -0.25) is 0 Å². The molecule has 2 atom stereocenters. The molecule has 1 aliphatic carbocycles. The maximum absolute atomic E-state index is 9.21. The molecule has 1 N–H and O–H groups in total. The molecule has 0 radical (unpaired) electrons. The van der Waals surface area contributed by atoms with Crippen LogP contribution >= 0.6 is 0 Å². The van der Waals surface area contributed by atoms with Crippen molar-refractivity contribution >= 4 is 0 Å². The van der Waals surface area contributed by atoms with E-state index < -0.39 is 0 Å². The van der Waals surface area contributed by atoms with Crippen LogP contribution in [0.25, 0.3) is 0 Å². The second-order valence-corrected chi connectivity index (χ2v) is 5.86. The van der Waals surface area contributed by atoms with E-state index in [4.69, 9.17) is 0 Å². The number of nitriles is 1. The zero-order valence-corrected chi connectivity index (χ0v) is 12.3. The third kappa shape index (κ3) is 5.37. The number of nitrogens with one attached hydrogen (secondary N) is 1. The van der Waals surface area contributed by atoms with Gasteiger partial charge in [-0.25, -0.2) is 0 Å². The number of nitrogens with zero attached hydrogens (tertiary/aromatic N) is 2. The summed E-state index contributed by atoms with van der Waals surface area (Å²) in [7, 11) is 2.17. The van der Waals surface area contributed by atoms with Crippen LogP contribution in [0.15, 0.2) is 0 Å². The molecule has 1 aliphatic rings. The molecule has 0 amide bonds. The third-order valence-corrected chi connectivity index (χ3v) is 4.16. The van der Waals surface area contributed by atoms with Crippen molar-refractivity contribution < 1.29 is 0 Å². The van der Waals surface area contributed by atoms with Gasteiger partial charge in [-0.2, -0.15) is 5.26 Å². The van der Waals surface area contributed by atoms with Gasteiger partial charge in [-0.15, -0.1) is 0 Å². The van der Waals surface area contributed by atoms with Gasteiger partial charge in [0.2, 0.25) is 0 Å². The summed E-state index contributed by atoms with van der Waals surface area (Å²) in [6, 6.07) is 3.54. The Hall–Kier alpha value is -0.590. The van der Waals surface area contributed by atoms with Crippen molar-refractivity contribution in [3.05, 3.63) is 0 Å². The van der Waals surface area contributed by atoms with Gasteiger partial charge in [0.25, 0.3) is 0 Å². The fourth-order valence-electron chi connectivity index (χ4n) is 2.58. The molecule has 3 nitrogen and oxygen atoms in total. The molecule has 1 saturated carbocycles. The van der Waals surface area contributed by atoms with Crippen LogP contribution in [0.3, 0.4) is 0 Å². The van der Waals surface area contributed by atoms with Gasteiger partial charge in [0.1, 0.15) is 0 Å². The standard InChI is InChI=1S/C15H29N3/c1-13(2)18(3)11-7-10-17-15-9-6-4-5-8-14(15)12-16/h13-15,17H,4-11H2,1-3H3. The summed E-state index contributed by atoms with van der Waals surface area (Å²) in [5.74, 6) is 0.232. The molecule has 0 aromatic heterocycles. The van der Waals surface area contributed by atoms with Gasteiger partial charge in [0, 0.05) is 12.1 Å². The minimum Gasteiger partial charge on any atom is -0.313 e. The Morgan fingerprint density at radius 1 is 1.28 bits per heavy atom. The van der Waals surface area contributed by atoms with Gasteiger partial charge in [0.15, 0.2) is 0 Å². The topological polar surface area (TPSA) is 39.1 Å². The average Bonchev–Trinajstić information content (AvgIpc) is 2.58. The van der Waals surface area contributed by atoms with Crippen molar-refractivity contribution in [1.82, 2.24) is 10.2 Å². The summed E-state index contributed by atoms with van der Waals surface area (Å²) >= 11 is 0. The predicted octanol–water partition coefficient (Wildman–Crippen LogP) is 2.78. The maximum Gasteiger partial charge on any atom is 0.0672 e. The molecule has 0 aromatic rings. The summed E-state index contributed by atoms with van der Waals surface area (Å²) in [6.45, 7) is 6.63. The number of hydrogen-bond acceptors (Lipinski definition) is 3. The molecule has 0 aromatic carbocycles. The first-order valence-corrected chi connectivity index (χ1v) is 7.48. The molecule has 3 heteroatoms. The molecule has 0 bridgehead atoms. The normalized spacial score (nSPS) is 25.1. The van der Waals surface area contributed by atoms with E-state index >= 15 is 0 Å². The van der Waals surface area contributed by atoms with Crippen LogP contribution in [0, 0.1) is 17.2 Å². The monoisotopic (exact) mass is 251 g/mol.